The zero-order valence-corrected chi connectivity index (χ0v) is 12.2. The van der Waals surface area contributed by atoms with E-state index in [-0.39, 0.29) is 6.04 Å². The summed E-state index contributed by atoms with van der Waals surface area (Å²) in [6.07, 6.45) is 0.762. The van der Waals surface area contributed by atoms with Crippen LogP contribution in [0.3, 0.4) is 0 Å². The molecule has 0 saturated carbocycles. The van der Waals surface area contributed by atoms with Crippen molar-refractivity contribution in [3.8, 4) is 0 Å². The average molecular weight is 295 g/mol. The van der Waals surface area contributed by atoms with Crippen LogP contribution < -0.4 is 11.3 Å². The molecule has 3 N–H and O–H groups in total. The van der Waals surface area contributed by atoms with Crippen LogP contribution in [-0.4, -0.2) is 0 Å². The first-order chi connectivity index (χ1) is 9.10. The van der Waals surface area contributed by atoms with E-state index < -0.39 is 0 Å². The van der Waals surface area contributed by atoms with Gasteiger partial charge in [0.15, 0.2) is 0 Å². The predicted octanol–water partition coefficient (Wildman–Crippen LogP) is 4.05. The molecule has 0 radical (unpaired) electrons. The molecule has 0 aromatic heterocycles. The summed E-state index contributed by atoms with van der Waals surface area (Å²) in [5.41, 5.74) is 6.16. The molecule has 2 nitrogen and oxygen atoms in total. The van der Waals surface area contributed by atoms with Gasteiger partial charge in [0.05, 0.1) is 6.04 Å². The molecule has 1 unspecified atom stereocenters. The molecule has 100 valence electrons. The van der Waals surface area contributed by atoms with Crippen molar-refractivity contribution in [3.05, 3.63) is 69.2 Å². The predicted molar refractivity (Wildman–Crippen MR) is 81.4 cm³/mol. The maximum absolute atomic E-state index is 6.21. The summed E-state index contributed by atoms with van der Waals surface area (Å²) in [4.78, 5) is 0. The molecular formula is C15H16Cl2N2. The largest absolute Gasteiger partial charge is 0.271 e. The number of hydrogen-bond donors (Lipinski definition) is 2. The van der Waals surface area contributed by atoms with E-state index in [0.717, 1.165) is 12.0 Å². The van der Waals surface area contributed by atoms with E-state index in [1.165, 1.54) is 11.1 Å². The summed E-state index contributed by atoms with van der Waals surface area (Å²) < 4.78 is 0. The highest BCUT2D eigenvalue weighted by molar-refractivity contribution is 6.33. The third-order valence-electron chi connectivity index (χ3n) is 3.06. The van der Waals surface area contributed by atoms with Crippen LogP contribution in [0, 0.1) is 6.92 Å². The lowest BCUT2D eigenvalue weighted by Gasteiger charge is -2.18. The third kappa shape index (κ3) is 3.71. The molecule has 19 heavy (non-hydrogen) atoms. The molecule has 2 aromatic carbocycles. The van der Waals surface area contributed by atoms with E-state index in [9.17, 15) is 0 Å². The number of aryl methyl sites for hydroxylation is 1. The number of nitrogens with two attached hydrogens (primary N) is 1. The van der Waals surface area contributed by atoms with E-state index in [1.54, 1.807) is 12.1 Å². The lowest BCUT2D eigenvalue weighted by molar-refractivity contribution is 0.552. The van der Waals surface area contributed by atoms with Gasteiger partial charge in [0.1, 0.15) is 0 Å². The topological polar surface area (TPSA) is 38.0 Å². The van der Waals surface area contributed by atoms with Gasteiger partial charge in [-0.3, -0.25) is 11.3 Å². The SMILES string of the molecule is Cc1cccc(CC(NN)c2cc(Cl)ccc2Cl)c1. The molecular weight excluding hydrogens is 279 g/mol. The van der Waals surface area contributed by atoms with Crippen LogP contribution in [0.25, 0.3) is 0 Å². The molecule has 1 atom stereocenters. The summed E-state index contributed by atoms with van der Waals surface area (Å²) >= 11 is 12.2. The Morgan fingerprint density at radius 3 is 2.63 bits per heavy atom. The van der Waals surface area contributed by atoms with Crippen molar-refractivity contribution >= 4 is 23.2 Å². The second-order valence-electron chi connectivity index (χ2n) is 4.58. The summed E-state index contributed by atoms with van der Waals surface area (Å²) in [6, 6.07) is 13.7. The molecule has 4 heteroatoms. The minimum Gasteiger partial charge on any atom is -0.271 e. The van der Waals surface area contributed by atoms with E-state index in [0.29, 0.717) is 10.0 Å². The highest BCUT2D eigenvalue weighted by atomic mass is 35.5. The minimum atomic E-state index is -0.0620. The van der Waals surface area contributed by atoms with Crippen LogP contribution in [0.4, 0.5) is 0 Å². The van der Waals surface area contributed by atoms with Gasteiger partial charge in [0, 0.05) is 10.0 Å². The van der Waals surface area contributed by atoms with Crippen molar-refractivity contribution in [2.24, 2.45) is 5.84 Å². The second-order valence-corrected chi connectivity index (χ2v) is 5.42. The van der Waals surface area contributed by atoms with Crippen molar-refractivity contribution in [3.63, 3.8) is 0 Å². The molecule has 0 spiro atoms. The minimum absolute atomic E-state index is 0.0620. The first-order valence-corrected chi connectivity index (χ1v) is 6.82. The normalized spacial score (nSPS) is 12.4. The maximum atomic E-state index is 6.21. The van der Waals surface area contributed by atoms with Gasteiger partial charge < -0.3 is 0 Å². The Balaban J connectivity index is 2.27. The lowest BCUT2D eigenvalue weighted by Crippen LogP contribution is -2.29. The van der Waals surface area contributed by atoms with E-state index in [2.05, 4.69) is 30.5 Å². The van der Waals surface area contributed by atoms with Gasteiger partial charge in [-0.1, -0.05) is 53.0 Å². The van der Waals surface area contributed by atoms with Gasteiger partial charge in [0.2, 0.25) is 0 Å². The molecule has 2 rings (SSSR count). The van der Waals surface area contributed by atoms with Gasteiger partial charge in [-0.25, -0.2) is 0 Å². The Bertz CT molecular complexity index is 570. The first-order valence-electron chi connectivity index (χ1n) is 6.07. The first kappa shape index (κ1) is 14.4. The fourth-order valence-corrected chi connectivity index (χ4v) is 2.54. The van der Waals surface area contributed by atoms with Crippen LogP contribution >= 0.6 is 23.2 Å². The molecule has 0 aliphatic carbocycles. The highest BCUT2D eigenvalue weighted by Crippen LogP contribution is 2.28. The third-order valence-corrected chi connectivity index (χ3v) is 3.64. The monoisotopic (exact) mass is 294 g/mol. The van der Waals surface area contributed by atoms with Crippen LogP contribution in [0.5, 0.6) is 0 Å². The lowest BCUT2D eigenvalue weighted by atomic mass is 9.98. The summed E-state index contributed by atoms with van der Waals surface area (Å²) in [6.45, 7) is 2.07. The molecule has 0 amide bonds. The van der Waals surface area contributed by atoms with Gasteiger partial charge in [0.25, 0.3) is 0 Å². The number of benzene rings is 2. The maximum Gasteiger partial charge on any atom is 0.0515 e. The number of hydrazine groups is 1. The molecule has 0 aliphatic heterocycles. The van der Waals surface area contributed by atoms with E-state index in [1.807, 2.05) is 12.1 Å². The summed E-state index contributed by atoms with van der Waals surface area (Å²) in [5, 5.41) is 1.32. The summed E-state index contributed by atoms with van der Waals surface area (Å²) in [5.74, 6) is 5.66. The number of halogens is 2. The molecule has 2 aromatic rings. The van der Waals surface area contributed by atoms with Gasteiger partial charge in [-0.15, -0.1) is 0 Å². The molecule has 0 heterocycles. The number of hydrogen-bond acceptors (Lipinski definition) is 2. The van der Waals surface area contributed by atoms with Gasteiger partial charge >= 0.3 is 0 Å². The number of rotatable bonds is 4. The smallest absolute Gasteiger partial charge is 0.0515 e. The highest BCUT2D eigenvalue weighted by Gasteiger charge is 2.14. The number of nitrogens with one attached hydrogen (secondary N) is 1. The van der Waals surface area contributed by atoms with Crippen LogP contribution in [0.1, 0.15) is 22.7 Å². The molecule has 0 bridgehead atoms. The van der Waals surface area contributed by atoms with Gasteiger partial charge in [-0.2, -0.15) is 0 Å². The van der Waals surface area contributed by atoms with E-state index in [4.69, 9.17) is 29.0 Å². The molecule has 0 aliphatic rings. The van der Waals surface area contributed by atoms with Gasteiger partial charge in [-0.05, 0) is 42.7 Å². The Morgan fingerprint density at radius 1 is 1.16 bits per heavy atom. The fraction of sp³-hybridized carbons (Fsp3) is 0.200. The zero-order valence-electron chi connectivity index (χ0n) is 10.7. The average Bonchev–Trinajstić information content (AvgIpc) is 2.39. The van der Waals surface area contributed by atoms with Crippen molar-refractivity contribution < 1.29 is 0 Å². The van der Waals surface area contributed by atoms with Crippen LogP contribution in [0.15, 0.2) is 42.5 Å². The Hall–Kier alpha value is -1.06. The zero-order chi connectivity index (χ0) is 13.8. The van der Waals surface area contributed by atoms with Crippen LogP contribution in [0.2, 0.25) is 10.0 Å². The Labute approximate surface area is 123 Å². The van der Waals surface area contributed by atoms with E-state index >= 15 is 0 Å². The quantitative estimate of drug-likeness (QED) is 0.659. The van der Waals surface area contributed by atoms with Crippen molar-refractivity contribution in [1.82, 2.24) is 5.43 Å². The van der Waals surface area contributed by atoms with Crippen molar-refractivity contribution in [2.45, 2.75) is 19.4 Å². The van der Waals surface area contributed by atoms with Crippen molar-refractivity contribution in [1.29, 1.82) is 0 Å². The fourth-order valence-electron chi connectivity index (χ4n) is 2.12. The van der Waals surface area contributed by atoms with Crippen LogP contribution in [-0.2, 0) is 6.42 Å². The second kappa shape index (κ2) is 6.40. The molecule has 0 saturated heterocycles. The summed E-state index contributed by atoms with van der Waals surface area (Å²) in [7, 11) is 0. The van der Waals surface area contributed by atoms with Crippen molar-refractivity contribution in [2.75, 3.05) is 0 Å². The standard InChI is InChI=1S/C15H16Cl2N2/c1-10-3-2-4-11(7-10)8-15(19-18)13-9-12(16)5-6-14(13)17/h2-7,9,15,19H,8,18H2,1H3. The Kier molecular flexibility index (Phi) is 4.83. The molecule has 0 fully saturated rings. The Morgan fingerprint density at radius 2 is 1.95 bits per heavy atom.